The molecule has 27 heavy (non-hydrogen) atoms. The SMILES string of the molecule is CC(=O)Nc1cnc(-c2ccc(F)c(C)c2)c(-c2ccc3nccn3c2)c1. The van der Waals surface area contributed by atoms with Crippen LogP contribution in [0.4, 0.5) is 10.1 Å². The van der Waals surface area contributed by atoms with E-state index in [1.165, 1.54) is 13.0 Å². The first-order valence-corrected chi connectivity index (χ1v) is 8.48. The molecule has 4 aromatic rings. The predicted octanol–water partition coefficient (Wildman–Crippen LogP) is 4.47. The van der Waals surface area contributed by atoms with Gasteiger partial charge >= 0.3 is 0 Å². The van der Waals surface area contributed by atoms with Crippen molar-refractivity contribution in [1.82, 2.24) is 14.4 Å². The van der Waals surface area contributed by atoms with E-state index in [-0.39, 0.29) is 11.7 Å². The number of hydrogen-bond acceptors (Lipinski definition) is 3. The highest BCUT2D eigenvalue weighted by molar-refractivity contribution is 5.91. The van der Waals surface area contributed by atoms with Crippen LogP contribution < -0.4 is 5.32 Å². The molecule has 0 spiro atoms. The van der Waals surface area contributed by atoms with E-state index in [1.54, 1.807) is 31.5 Å². The molecule has 134 valence electrons. The molecule has 3 aromatic heterocycles. The second-order valence-corrected chi connectivity index (χ2v) is 6.38. The minimum Gasteiger partial charge on any atom is -0.325 e. The number of amides is 1. The van der Waals surface area contributed by atoms with Crippen molar-refractivity contribution in [1.29, 1.82) is 0 Å². The zero-order valence-corrected chi connectivity index (χ0v) is 14.9. The number of anilines is 1. The van der Waals surface area contributed by atoms with Crippen LogP contribution >= 0.6 is 0 Å². The van der Waals surface area contributed by atoms with Gasteiger partial charge in [0.15, 0.2) is 0 Å². The van der Waals surface area contributed by atoms with Gasteiger partial charge in [-0.3, -0.25) is 9.78 Å². The summed E-state index contributed by atoms with van der Waals surface area (Å²) in [6, 6.07) is 10.7. The first-order valence-electron chi connectivity index (χ1n) is 8.48. The molecule has 0 unspecified atom stereocenters. The van der Waals surface area contributed by atoms with Crippen LogP contribution in [0.1, 0.15) is 12.5 Å². The molecule has 0 aliphatic carbocycles. The van der Waals surface area contributed by atoms with Crippen molar-refractivity contribution in [3.8, 4) is 22.4 Å². The van der Waals surface area contributed by atoms with Crippen LogP contribution in [0.3, 0.4) is 0 Å². The number of nitrogens with one attached hydrogen (secondary N) is 1. The molecule has 0 radical (unpaired) electrons. The summed E-state index contributed by atoms with van der Waals surface area (Å²) in [5.41, 5.74) is 5.27. The number of carbonyl (C=O) groups excluding carboxylic acids is 1. The Morgan fingerprint density at radius 1 is 1.11 bits per heavy atom. The van der Waals surface area contributed by atoms with Gasteiger partial charge in [0.2, 0.25) is 5.91 Å². The van der Waals surface area contributed by atoms with Crippen LogP contribution in [0.2, 0.25) is 0 Å². The highest BCUT2D eigenvalue weighted by Crippen LogP contribution is 2.33. The molecule has 4 rings (SSSR count). The van der Waals surface area contributed by atoms with Crippen molar-refractivity contribution in [2.24, 2.45) is 0 Å². The maximum atomic E-state index is 13.7. The standard InChI is InChI=1S/C21H17FN4O/c1-13-9-15(3-5-19(13)22)21-18(10-17(11-24-21)25-14(2)27)16-4-6-20-23-7-8-26(20)12-16/h3-12H,1-2H3,(H,25,27). The van der Waals surface area contributed by atoms with E-state index >= 15 is 0 Å². The van der Waals surface area contributed by atoms with Crippen molar-refractivity contribution < 1.29 is 9.18 Å². The lowest BCUT2D eigenvalue weighted by Gasteiger charge is -2.13. The second-order valence-electron chi connectivity index (χ2n) is 6.38. The lowest BCUT2D eigenvalue weighted by molar-refractivity contribution is -0.114. The van der Waals surface area contributed by atoms with Gasteiger partial charge in [-0.2, -0.15) is 0 Å². The average molecular weight is 360 g/mol. The number of fused-ring (bicyclic) bond motifs is 1. The highest BCUT2D eigenvalue weighted by Gasteiger charge is 2.13. The van der Waals surface area contributed by atoms with Crippen molar-refractivity contribution in [3.63, 3.8) is 0 Å². The molecule has 0 fully saturated rings. The lowest BCUT2D eigenvalue weighted by atomic mass is 9.99. The number of pyridine rings is 2. The maximum Gasteiger partial charge on any atom is 0.221 e. The number of benzene rings is 1. The Balaban J connectivity index is 1.92. The molecular formula is C21H17FN4O. The van der Waals surface area contributed by atoms with Crippen LogP contribution in [0.5, 0.6) is 0 Å². The summed E-state index contributed by atoms with van der Waals surface area (Å²) < 4.78 is 15.6. The van der Waals surface area contributed by atoms with Crippen LogP contribution in [-0.2, 0) is 4.79 Å². The number of aryl methyl sites for hydroxylation is 1. The molecule has 0 aliphatic heterocycles. The van der Waals surface area contributed by atoms with Gasteiger partial charge < -0.3 is 9.72 Å². The summed E-state index contributed by atoms with van der Waals surface area (Å²) in [4.78, 5) is 20.3. The quantitative estimate of drug-likeness (QED) is 0.586. The number of imidazole rings is 1. The molecule has 0 atom stereocenters. The summed E-state index contributed by atoms with van der Waals surface area (Å²) in [5, 5.41) is 2.77. The van der Waals surface area contributed by atoms with Gasteiger partial charge in [-0.15, -0.1) is 0 Å². The van der Waals surface area contributed by atoms with Crippen molar-refractivity contribution in [2.75, 3.05) is 5.32 Å². The zero-order valence-electron chi connectivity index (χ0n) is 14.9. The van der Waals surface area contributed by atoms with Gasteiger partial charge in [0.25, 0.3) is 0 Å². The summed E-state index contributed by atoms with van der Waals surface area (Å²) in [7, 11) is 0. The van der Waals surface area contributed by atoms with E-state index in [1.807, 2.05) is 35.0 Å². The first kappa shape index (κ1) is 16.9. The van der Waals surface area contributed by atoms with E-state index in [0.717, 1.165) is 22.3 Å². The molecule has 1 N–H and O–H groups in total. The number of hydrogen-bond donors (Lipinski definition) is 1. The van der Waals surface area contributed by atoms with E-state index in [9.17, 15) is 9.18 Å². The molecule has 3 heterocycles. The highest BCUT2D eigenvalue weighted by atomic mass is 19.1. The van der Waals surface area contributed by atoms with Gasteiger partial charge in [-0.05, 0) is 48.9 Å². The zero-order chi connectivity index (χ0) is 19.0. The molecule has 0 saturated heterocycles. The largest absolute Gasteiger partial charge is 0.325 e. The third kappa shape index (κ3) is 3.29. The Morgan fingerprint density at radius 3 is 2.70 bits per heavy atom. The van der Waals surface area contributed by atoms with Crippen LogP contribution in [-0.4, -0.2) is 20.3 Å². The van der Waals surface area contributed by atoms with Gasteiger partial charge in [0.1, 0.15) is 11.5 Å². The monoisotopic (exact) mass is 360 g/mol. The van der Waals surface area contributed by atoms with Gasteiger partial charge in [-0.25, -0.2) is 9.37 Å². The van der Waals surface area contributed by atoms with Crippen molar-refractivity contribution in [3.05, 3.63) is 72.6 Å². The third-order valence-corrected chi connectivity index (χ3v) is 4.34. The number of halogens is 1. The molecule has 1 amide bonds. The normalized spacial score (nSPS) is 10.9. The molecule has 6 heteroatoms. The summed E-state index contributed by atoms with van der Waals surface area (Å²) >= 11 is 0. The molecule has 0 saturated carbocycles. The second kappa shape index (κ2) is 6.64. The van der Waals surface area contributed by atoms with Crippen molar-refractivity contribution >= 4 is 17.2 Å². The molecule has 0 aliphatic rings. The molecule has 5 nitrogen and oxygen atoms in total. The molecular weight excluding hydrogens is 343 g/mol. The minimum absolute atomic E-state index is 0.168. The lowest BCUT2D eigenvalue weighted by Crippen LogP contribution is -2.06. The Hall–Kier alpha value is -3.54. The Bertz CT molecular complexity index is 1170. The summed E-state index contributed by atoms with van der Waals surface area (Å²) in [5.74, 6) is -0.423. The molecule has 1 aromatic carbocycles. The maximum absolute atomic E-state index is 13.7. The van der Waals surface area contributed by atoms with Crippen molar-refractivity contribution in [2.45, 2.75) is 13.8 Å². The summed E-state index contributed by atoms with van der Waals surface area (Å²) in [6.07, 6.45) is 7.16. The van der Waals surface area contributed by atoms with Gasteiger partial charge in [-0.1, -0.05) is 0 Å². The number of carbonyl (C=O) groups is 1. The number of aromatic nitrogens is 3. The number of rotatable bonds is 3. The average Bonchev–Trinajstić information content (AvgIpc) is 3.11. The molecule has 0 bridgehead atoms. The van der Waals surface area contributed by atoms with E-state index < -0.39 is 0 Å². The Labute approximate surface area is 155 Å². The first-order chi connectivity index (χ1) is 13.0. The van der Waals surface area contributed by atoms with E-state index in [2.05, 4.69) is 15.3 Å². The topological polar surface area (TPSA) is 59.3 Å². The van der Waals surface area contributed by atoms with Crippen LogP contribution in [0.15, 0.2) is 61.2 Å². The Kier molecular flexibility index (Phi) is 4.16. The van der Waals surface area contributed by atoms with Gasteiger partial charge in [0, 0.05) is 42.2 Å². The fraction of sp³-hybridized carbons (Fsp3) is 0.0952. The van der Waals surface area contributed by atoms with E-state index in [4.69, 9.17) is 0 Å². The fourth-order valence-corrected chi connectivity index (χ4v) is 3.06. The smallest absolute Gasteiger partial charge is 0.221 e. The Morgan fingerprint density at radius 2 is 1.93 bits per heavy atom. The summed E-state index contributed by atoms with van der Waals surface area (Å²) in [6.45, 7) is 3.18. The van der Waals surface area contributed by atoms with Crippen LogP contribution in [0.25, 0.3) is 28.0 Å². The minimum atomic E-state index is -0.255. The third-order valence-electron chi connectivity index (χ3n) is 4.34. The van der Waals surface area contributed by atoms with E-state index in [0.29, 0.717) is 16.9 Å². The predicted molar refractivity (Wildman–Crippen MR) is 103 cm³/mol. The van der Waals surface area contributed by atoms with Gasteiger partial charge in [0.05, 0.1) is 17.6 Å². The van der Waals surface area contributed by atoms with Crippen LogP contribution in [0, 0.1) is 12.7 Å². The fourth-order valence-electron chi connectivity index (χ4n) is 3.06. The number of nitrogens with zero attached hydrogens (tertiary/aromatic N) is 3.